The molecule has 0 spiro atoms. The van der Waals surface area contributed by atoms with Crippen LogP contribution in [-0.2, 0) is 0 Å². The van der Waals surface area contributed by atoms with E-state index >= 15 is 0 Å². The quantitative estimate of drug-likeness (QED) is 0.139. The van der Waals surface area contributed by atoms with Crippen LogP contribution in [0.1, 0.15) is 169 Å². The Morgan fingerprint density at radius 2 is 0.633 bits per heavy atom. The monoisotopic (exact) mass is 423 g/mol. The highest BCUT2D eigenvalue weighted by molar-refractivity contribution is 4.70. The molecular weight excluding hydrogens is 362 g/mol. The van der Waals surface area contributed by atoms with Gasteiger partial charge >= 0.3 is 0 Å². The first-order valence-electron chi connectivity index (χ1n) is 14.3. The van der Waals surface area contributed by atoms with E-state index in [4.69, 9.17) is 0 Å². The molecule has 0 aromatic heterocycles. The Hall–Kier alpha value is -0.0400. The molecule has 0 aromatic carbocycles. The van der Waals surface area contributed by atoms with E-state index < -0.39 is 0 Å². The Bertz CT molecular complexity index is 283. The molecule has 0 rings (SSSR count). The van der Waals surface area contributed by atoms with Crippen molar-refractivity contribution in [3.05, 3.63) is 0 Å². The number of nitrogens with zero attached hydrogens (tertiary/aromatic N) is 1. The fourth-order valence-corrected chi connectivity index (χ4v) is 4.70. The van der Waals surface area contributed by atoms with Gasteiger partial charge in [-0.1, -0.05) is 142 Å². The molecule has 0 saturated heterocycles. The summed E-state index contributed by atoms with van der Waals surface area (Å²) in [5.74, 6) is 0. The molecule has 0 heterocycles. The molecule has 0 saturated carbocycles. The fraction of sp³-hybridized carbons (Fsp3) is 1.00. The van der Waals surface area contributed by atoms with Gasteiger partial charge in [-0.25, -0.2) is 0 Å². The van der Waals surface area contributed by atoms with E-state index in [9.17, 15) is 0 Å². The summed E-state index contributed by atoms with van der Waals surface area (Å²) in [6.45, 7) is 9.50. The second-order valence-corrected chi connectivity index (χ2v) is 10.3. The molecule has 0 radical (unpaired) electrons. The third kappa shape index (κ3) is 19.9. The molecule has 0 aliphatic rings. The Morgan fingerprint density at radius 1 is 0.400 bits per heavy atom. The summed E-state index contributed by atoms with van der Waals surface area (Å²) in [7, 11) is 2.36. The summed E-state index contributed by atoms with van der Waals surface area (Å²) in [4.78, 5) is 2.65. The molecule has 0 aromatic rings. The van der Waals surface area contributed by atoms with Crippen molar-refractivity contribution in [1.29, 1.82) is 0 Å². The zero-order chi connectivity index (χ0) is 22.3. The summed E-state index contributed by atoms with van der Waals surface area (Å²) in [6, 6.07) is 1.49. The Balaban J connectivity index is 3.47. The van der Waals surface area contributed by atoms with E-state index in [1.165, 1.54) is 141 Å². The lowest BCUT2D eigenvalue weighted by Crippen LogP contribution is -2.36. The van der Waals surface area contributed by atoms with Crippen LogP contribution in [0.2, 0.25) is 0 Å². The van der Waals surface area contributed by atoms with Gasteiger partial charge in [0, 0.05) is 12.1 Å². The predicted molar refractivity (Wildman–Crippen MR) is 140 cm³/mol. The van der Waals surface area contributed by atoms with E-state index in [0.29, 0.717) is 0 Å². The maximum atomic E-state index is 2.65. The number of hydrogen-bond acceptors (Lipinski definition) is 1. The largest absolute Gasteiger partial charge is 0.301 e. The molecule has 30 heavy (non-hydrogen) atoms. The van der Waals surface area contributed by atoms with Crippen LogP contribution in [0.25, 0.3) is 0 Å². The molecule has 0 aliphatic carbocycles. The van der Waals surface area contributed by atoms with E-state index in [0.717, 1.165) is 12.1 Å². The topological polar surface area (TPSA) is 3.24 Å². The first kappa shape index (κ1) is 30.0. The van der Waals surface area contributed by atoms with E-state index in [1.807, 2.05) is 0 Å². The molecule has 2 unspecified atom stereocenters. The maximum Gasteiger partial charge on any atom is 0.00666 e. The predicted octanol–water partition coefficient (Wildman–Crippen LogP) is 10.3. The van der Waals surface area contributed by atoms with Crippen molar-refractivity contribution in [3.8, 4) is 0 Å². The van der Waals surface area contributed by atoms with Crippen molar-refractivity contribution in [1.82, 2.24) is 4.90 Å². The summed E-state index contributed by atoms with van der Waals surface area (Å²) in [5.41, 5.74) is 0. The summed E-state index contributed by atoms with van der Waals surface area (Å²) >= 11 is 0. The van der Waals surface area contributed by atoms with Gasteiger partial charge in [-0.15, -0.1) is 0 Å². The lowest BCUT2D eigenvalue weighted by molar-refractivity contribution is 0.173. The van der Waals surface area contributed by atoms with Gasteiger partial charge in [-0.05, 0) is 33.7 Å². The van der Waals surface area contributed by atoms with Gasteiger partial charge in [0.05, 0.1) is 0 Å². The van der Waals surface area contributed by atoms with Crippen LogP contribution in [0.5, 0.6) is 0 Å². The van der Waals surface area contributed by atoms with Crippen molar-refractivity contribution in [2.24, 2.45) is 0 Å². The van der Waals surface area contributed by atoms with Crippen LogP contribution in [-0.4, -0.2) is 24.0 Å². The van der Waals surface area contributed by atoms with Gasteiger partial charge in [0.25, 0.3) is 0 Å². The van der Waals surface area contributed by atoms with Crippen molar-refractivity contribution in [2.75, 3.05) is 7.05 Å². The van der Waals surface area contributed by atoms with Crippen LogP contribution in [0.4, 0.5) is 0 Å². The van der Waals surface area contributed by atoms with Gasteiger partial charge in [0.15, 0.2) is 0 Å². The third-order valence-electron chi connectivity index (χ3n) is 7.34. The lowest BCUT2D eigenvalue weighted by Gasteiger charge is -2.31. The van der Waals surface area contributed by atoms with Gasteiger partial charge in [0.2, 0.25) is 0 Å². The first-order valence-corrected chi connectivity index (χ1v) is 14.3. The van der Waals surface area contributed by atoms with Crippen LogP contribution in [0, 0.1) is 0 Å². The highest BCUT2D eigenvalue weighted by Crippen LogP contribution is 2.18. The minimum atomic E-state index is 0.747. The minimum absolute atomic E-state index is 0.747. The third-order valence-corrected chi connectivity index (χ3v) is 7.34. The van der Waals surface area contributed by atoms with E-state index in [-0.39, 0.29) is 0 Å². The van der Waals surface area contributed by atoms with E-state index in [2.05, 4.69) is 39.6 Å². The van der Waals surface area contributed by atoms with Crippen molar-refractivity contribution in [2.45, 2.75) is 181 Å². The Kier molecular flexibility index (Phi) is 23.6. The molecule has 182 valence electrons. The summed E-state index contributed by atoms with van der Waals surface area (Å²) < 4.78 is 0. The number of unbranched alkanes of at least 4 members (excludes halogenated alkanes) is 18. The Morgan fingerprint density at radius 3 is 0.900 bits per heavy atom. The highest BCUT2D eigenvalue weighted by Gasteiger charge is 2.15. The average Bonchev–Trinajstić information content (AvgIpc) is 2.75. The van der Waals surface area contributed by atoms with Crippen LogP contribution in [0.3, 0.4) is 0 Å². The first-order chi connectivity index (χ1) is 14.6. The molecule has 1 nitrogen and oxygen atoms in total. The molecule has 0 N–H and O–H groups in total. The van der Waals surface area contributed by atoms with Gasteiger partial charge < -0.3 is 4.90 Å². The highest BCUT2D eigenvalue weighted by atomic mass is 15.1. The summed E-state index contributed by atoms with van der Waals surface area (Å²) in [5, 5.41) is 0. The average molecular weight is 424 g/mol. The molecule has 0 bridgehead atoms. The minimum Gasteiger partial charge on any atom is -0.301 e. The standard InChI is InChI=1S/C29H61N/c1-6-8-10-12-14-16-18-20-22-24-26-28(3)30(5)29(4)27-25-23-21-19-17-15-13-11-9-7-2/h28-29H,6-27H2,1-5H3. The van der Waals surface area contributed by atoms with Gasteiger partial charge in [-0.2, -0.15) is 0 Å². The molecule has 2 atom stereocenters. The number of hydrogen-bond donors (Lipinski definition) is 0. The second-order valence-electron chi connectivity index (χ2n) is 10.3. The lowest BCUT2D eigenvalue weighted by atomic mass is 10.0. The Labute approximate surface area is 193 Å². The SMILES string of the molecule is CCCCCCCCCCCCC(C)N(C)C(C)CCCCCCCCCCCC. The fourth-order valence-electron chi connectivity index (χ4n) is 4.70. The zero-order valence-electron chi connectivity index (χ0n) is 22.2. The van der Waals surface area contributed by atoms with Crippen molar-refractivity contribution in [3.63, 3.8) is 0 Å². The maximum absolute atomic E-state index is 2.65. The molecule has 0 amide bonds. The summed E-state index contributed by atoms with van der Waals surface area (Å²) in [6.07, 6.45) is 31.7. The van der Waals surface area contributed by atoms with E-state index in [1.54, 1.807) is 0 Å². The van der Waals surface area contributed by atoms with Crippen LogP contribution >= 0.6 is 0 Å². The van der Waals surface area contributed by atoms with Gasteiger partial charge in [0.1, 0.15) is 0 Å². The molecular formula is C29H61N. The van der Waals surface area contributed by atoms with Crippen LogP contribution in [0.15, 0.2) is 0 Å². The van der Waals surface area contributed by atoms with Crippen molar-refractivity contribution >= 4 is 0 Å². The zero-order valence-corrected chi connectivity index (χ0v) is 22.2. The molecule has 0 fully saturated rings. The number of rotatable bonds is 24. The molecule has 0 aliphatic heterocycles. The normalized spacial score (nSPS) is 13.8. The van der Waals surface area contributed by atoms with Crippen molar-refractivity contribution < 1.29 is 0 Å². The molecule has 1 heteroatoms. The van der Waals surface area contributed by atoms with Gasteiger partial charge in [-0.3, -0.25) is 0 Å². The smallest absolute Gasteiger partial charge is 0.00666 e. The van der Waals surface area contributed by atoms with Crippen LogP contribution < -0.4 is 0 Å². The second kappa shape index (κ2) is 23.6.